The van der Waals surface area contributed by atoms with Crippen LogP contribution < -0.4 is 4.74 Å². The van der Waals surface area contributed by atoms with Crippen LogP contribution in [0, 0.1) is 11.6 Å². The summed E-state index contributed by atoms with van der Waals surface area (Å²) in [6, 6.07) is 9.12. The van der Waals surface area contributed by atoms with E-state index in [1.165, 1.54) is 26.0 Å². The van der Waals surface area contributed by atoms with Crippen LogP contribution in [0.15, 0.2) is 36.4 Å². The lowest BCUT2D eigenvalue weighted by Gasteiger charge is -2.43. The Balaban J connectivity index is 1.43. The lowest BCUT2D eigenvalue weighted by atomic mass is 9.87. The first-order chi connectivity index (χ1) is 19.6. The number of rotatable bonds is 14. The van der Waals surface area contributed by atoms with E-state index in [-0.39, 0.29) is 43.7 Å². The molecule has 0 radical (unpaired) electrons. The molecule has 7 nitrogen and oxygen atoms in total. The van der Waals surface area contributed by atoms with Gasteiger partial charge in [0.25, 0.3) is 0 Å². The molecule has 2 atom stereocenters. The molecule has 4 rings (SSSR count). The minimum absolute atomic E-state index is 0.00990. The van der Waals surface area contributed by atoms with Gasteiger partial charge in [-0.1, -0.05) is 18.2 Å². The lowest BCUT2D eigenvalue weighted by Crippen LogP contribution is -2.48. The van der Waals surface area contributed by atoms with Gasteiger partial charge in [-0.05, 0) is 52.2 Å². The van der Waals surface area contributed by atoms with Gasteiger partial charge in [-0.25, -0.2) is 18.0 Å². The minimum atomic E-state index is -1.57. The molecule has 0 unspecified atom stereocenters. The Kier molecular flexibility index (Phi) is 10.3. The Hall–Kier alpha value is -3.08. The van der Waals surface area contributed by atoms with Crippen LogP contribution in [0.2, 0.25) is 0 Å². The zero-order valence-corrected chi connectivity index (χ0v) is 24.1. The van der Waals surface area contributed by atoms with Crippen molar-refractivity contribution in [1.82, 2.24) is 9.88 Å². The van der Waals surface area contributed by atoms with E-state index in [9.17, 15) is 9.18 Å². The fourth-order valence-corrected chi connectivity index (χ4v) is 5.35. The van der Waals surface area contributed by atoms with Crippen molar-refractivity contribution in [3.8, 4) is 5.75 Å². The molecular weight excluding hydrogens is 537 g/mol. The summed E-state index contributed by atoms with van der Waals surface area (Å²) in [5, 5.41) is 1.00. The first-order valence-electron chi connectivity index (χ1n) is 14.1. The number of ether oxygens (including phenoxy) is 4. The van der Waals surface area contributed by atoms with Gasteiger partial charge in [-0.2, -0.15) is 0 Å². The van der Waals surface area contributed by atoms with Gasteiger partial charge in [-0.3, -0.25) is 4.90 Å². The SMILES string of the molecule is CCOC(=O)COCCCOCCOc1cc(F)c([C@@H]2c3[nH]c4ccccc4c3C[C@@H](C)N2CC(C)(C)F)c(F)c1. The van der Waals surface area contributed by atoms with Crippen LogP contribution in [0.1, 0.15) is 57.0 Å². The molecule has 1 aliphatic rings. The molecule has 1 aliphatic heterocycles. The Morgan fingerprint density at radius 3 is 2.49 bits per heavy atom. The van der Waals surface area contributed by atoms with Crippen molar-refractivity contribution in [3.63, 3.8) is 0 Å². The molecule has 1 aromatic heterocycles. The van der Waals surface area contributed by atoms with Gasteiger partial charge in [0, 0.05) is 60.1 Å². The molecule has 2 aromatic carbocycles. The number of halogens is 3. The summed E-state index contributed by atoms with van der Waals surface area (Å²) in [5.41, 5.74) is 0.842. The highest BCUT2D eigenvalue weighted by Crippen LogP contribution is 2.43. The quantitative estimate of drug-likeness (QED) is 0.191. The van der Waals surface area contributed by atoms with Crippen LogP contribution in [0.3, 0.4) is 0 Å². The molecule has 224 valence electrons. The summed E-state index contributed by atoms with van der Waals surface area (Å²) >= 11 is 0. The van der Waals surface area contributed by atoms with Crippen LogP contribution in [0.4, 0.5) is 13.2 Å². The highest BCUT2D eigenvalue weighted by atomic mass is 19.1. The van der Waals surface area contributed by atoms with E-state index in [2.05, 4.69) is 4.98 Å². The number of benzene rings is 2. The van der Waals surface area contributed by atoms with Crippen molar-refractivity contribution < 1.29 is 36.9 Å². The molecule has 0 saturated carbocycles. The van der Waals surface area contributed by atoms with Gasteiger partial charge in [0.05, 0.1) is 19.3 Å². The fourth-order valence-electron chi connectivity index (χ4n) is 5.35. The number of para-hydroxylation sites is 1. The molecule has 0 spiro atoms. The average Bonchev–Trinajstić information content (AvgIpc) is 3.26. The van der Waals surface area contributed by atoms with Crippen molar-refractivity contribution in [2.24, 2.45) is 0 Å². The van der Waals surface area contributed by atoms with E-state index in [0.29, 0.717) is 38.4 Å². The van der Waals surface area contributed by atoms with Crippen LogP contribution in [-0.2, 0) is 25.4 Å². The van der Waals surface area contributed by atoms with Crippen molar-refractivity contribution in [3.05, 3.63) is 64.9 Å². The zero-order valence-electron chi connectivity index (χ0n) is 24.1. The number of nitrogens with zero attached hydrogens (tertiary/aromatic N) is 1. The average molecular weight is 577 g/mol. The number of aromatic amines is 1. The third-order valence-corrected chi connectivity index (χ3v) is 7.00. The molecule has 0 bridgehead atoms. The number of H-pyrrole nitrogens is 1. The highest BCUT2D eigenvalue weighted by molar-refractivity contribution is 5.85. The van der Waals surface area contributed by atoms with E-state index in [1.54, 1.807) is 6.92 Å². The number of esters is 1. The number of fused-ring (bicyclic) bond motifs is 3. The van der Waals surface area contributed by atoms with Crippen LogP contribution in [-0.4, -0.2) is 73.7 Å². The van der Waals surface area contributed by atoms with E-state index in [1.807, 2.05) is 36.1 Å². The van der Waals surface area contributed by atoms with Crippen LogP contribution >= 0.6 is 0 Å². The standard InChI is InChI=1S/C31H39F3N2O5/c1-5-40-27(37)18-39-12-8-11-38-13-14-41-21-16-24(32)28(25(33)17-21)30-29-23(22-9-6-7-10-26(22)35-29)15-20(2)36(30)19-31(3,4)34/h6-7,9-10,16-17,20,30,35H,5,8,11-15,18-19H2,1-4H3/t20-,30-/m1/s1. The number of hydrogen-bond acceptors (Lipinski definition) is 6. The first-order valence-corrected chi connectivity index (χ1v) is 14.1. The predicted molar refractivity (Wildman–Crippen MR) is 150 cm³/mol. The maximum Gasteiger partial charge on any atom is 0.332 e. The number of hydrogen-bond donors (Lipinski definition) is 1. The fraction of sp³-hybridized carbons (Fsp3) is 0.516. The summed E-state index contributed by atoms with van der Waals surface area (Å²) in [4.78, 5) is 16.4. The highest BCUT2D eigenvalue weighted by Gasteiger charge is 2.41. The van der Waals surface area contributed by atoms with Crippen molar-refractivity contribution in [2.75, 3.05) is 46.2 Å². The summed E-state index contributed by atoms with van der Waals surface area (Å²) in [6.07, 6.45) is 1.20. The molecular formula is C31H39F3N2O5. The minimum Gasteiger partial charge on any atom is -0.491 e. The number of carbonyl (C=O) groups excluding carboxylic acids is 1. The molecule has 0 fully saturated rings. The van der Waals surface area contributed by atoms with Crippen molar-refractivity contribution >= 4 is 16.9 Å². The molecule has 0 amide bonds. The van der Waals surface area contributed by atoms with E-state index in [0.717, 1.165) is 16.5 Å². The predicted octanol–water partition coefficient (Wildman–Crippen LogP) is 5.90. The smallest absolute Gasteiger partial charge is 0.332 e. The second-order valence-corrected chi connectivity index (χ2v) is 10.9. The number of alkyl halides is 1. The van der Waals surface area contributed by atoms with E-state index >= 15 is 8.78 Å². The normalized spacial score (nSPS) is 17.5. The van der Waals surface area contributed by atoms with Gasteiger partial charge in [-0.15, -0.1) is 0 Å². The molecule has 41 heavy (non-hydrogen) atoms. The summed E-state index contributed by atoms with van der Waals surface area (Å²) < 4.78 is 67.3. The topological polar surface area (TPSA) is 73.0 Å². The Morgan fingerprint density at radius 2 is 1.78 bits per heavy atom. The number of nitrogens with one attached hydrogen (secondary N) is 1. The molecule has 1 N–H and O–H groups in total. The van der Waals surface area contributed by atoms with E-state index < -0.39 is 29.3 Å². The monoisotopic (exact) mass is 576 g/mol. The third kappa shape index (κ3) is 7.81. The molecule has 3 aromatic rings. The first kappa shape index (κ1) is 30.9. The van der Waals surface area contributed by atoms with Gasteiger partial charge in [0.15, 0.2) is 0 Å². The van der Waals surface area contributed by atoms with Gasteiger partial charge in [0.1, 0.15) is 36.3 Å². The molecule has 2 heterocycles. The summed E-state index contributed by atoms with van der Waals surface area (Å²) in [7, 11) is 0. The second-order valence-electron chi connectivity index (χ2n) is 10.9. The lowest BCUT2D eigenvalue weighted by molar-refractivity contribution is -0.148. The van der Waals surface area contributed by atoms with Crippen molar-refractivity contribution in [2.45, 2.75) is 58.3 Å². The van der Waals surface area contributed by atoms with Crippen LogP contribution in [0.25, 0.3) is 10.9 Å². The molecule has 0 saturated heterocycles. The number of aromatic nitrogens is 1. The largest absolute Gasteiger partial charge is 0.491 e. The molecule has 0 aliphatic carbocycles. The second kappa shape index (κ2) is 13.7. The van der Waals surface area contributed by atoms with Crippen LogP contribution in [0.5, 0.6) is 5.75 Å². The maximum atomic E-state index is 15.7. The summed E-state index contributed by atoms with van der Waals surface area (Å²) in [5.74, 6) is -1.88. The molecule has 10 heteroatoms. The Morgan fingerprint density at radius 1 is 1.07 bits per heavy atom. The Bertz CT molecular complexity index is 1300. The maximum absolute atomic E-state index is 15.7. The Labute approximate surface area is 238 Å². The van der Waals surface area contributed by atoms with E-state index in [4.69, 9.17) is 18.9 Å². The number of carbonyl (C=O) groups is 1. The van der Waals surface area contributed by atoms with Crippen molar-refractivity contribution in [1.29, 1.82) is 0 Å². The zero-order chi connectivity index (χ0) is 29.6. The third-order valence-electron chi connectivity index (χ3n) is 7.00. The van der Waals surface area contributed by atoms with Gasteiger partial charge < -0.3 is 23.9 Å². The summed E-state index contributed by atoms with van der Waals surface area (Å²) in [6.45, 7) is 7.87. The van der Waals surface area contributed by atoms with Gasteiger partial charge in [0.2, 0.25) is 0 Å². The van der Waals surface area contributed by atoms with Gasteiger partial charge >= 0.3 is 5.97 Å².